The molecule has 4 rings (SSSR count). The molecule has 0 radical (unpaired) electrons. The Balaban J connectivity index is 1.64. The molecule has 8 heteroatoms. The number of ether oxygens (including phenoxy) is 1. The zero-order chi connectivity index (χ0) is 26.5. The number of nitrogens with zero attached hydrogens (tertiary/aromatic N) is 3. The van der Waals surface area contributed by atoms with Crippen LogP contribution >= 0.6 is 0 Å². The van der Waals surface area contributed by atoms with E-state index in [1.54, 1.807) is 13.2 Å². The smallest absolute Gasteiger partial charge is 0.248 e. The third-order valence-electron chi connectivity index (χ3n) is 6.48. The molecule has 0 aromatic heterocycles. The van der Waals surface area contributed by atoms with Crippen molar-refractivity contribution in [2.75, 3.05) is 38.1 Å². The predicted octanol–water partition coefficient (Wildman–Crippen LogP) is 4.43. The number of hydrogen-bond donors (Lipinski definition) is 3. The van der Waals surface area contributed by atoms with Crippen molar-refractivity contribution in [2.45, 2.75) is 32.7 Å². The van der Waals surface area contributed by atoms with Gasteiger partial charge in [0, 0.05) is 42.2 Å². The van der Waals surface area contributed by atoms with Crippen LogP contribution in [0.2, 0.25) is 0 Å². The van der Waals surface area contributed by atoms with Crippen LogP contribution in [-0.2, 0) is 4.79 Å². The quantitative estimate of drug-likeness (QED) is 0.464. The lowest BCUT2D eigenvalue weighted by Gasteiger charge is -2.20. The van der Waals surface area contributed by atoms with Crippen molar-refractivity contribution in [2.24, 2.45) is 10.7 Å². The SMILES string of the molecule is CCC1=CN=C2C(=C(N)C1)C(c1ccc(C)c(OC)c1)NN2c1ccc(NC(=O)C=CCN(C)C)cc1. The predicted molar refractivity (Wildman–Crippen MR) is 150 cm³/mol. The standard InChI is InChI=1S/C29H36N6O2/c1-6-20-16-24(30)27-28(21-10-9-19(2)25(17-21)37-5)33-35(29(27)31-18-20)23-13-11-22(12-14-23)32-26(36)8-7-15-34(3)4/h7-14,17-18,28,33H,6,15-16,30H2,1-5H3,(H,32,36). The molecule has 37 heavy (non-hydrogen) atoms. The molecule has 4 N–H and O–H groups in total. The Morgan fingerprint density at radius 3 is 2.70 bits per heavy atom. The number of allylic oxidation sites excluding steroid dienone is 1. The van der Waals surface area contributed by atoms with Crippen molar-refractivity contribution in [3.63, 3.8) is 0 Å². The Bertz CT molecular complexity index is 1270. The molecule has 1 fully saturated rings. The summed E-state index contributed by atoms with van der Waals surface area (Å²) in [6.07, 6.45) is 6.88. The molecule has 194 valence electrons. The molecule has 0 saturated carbocycles. The number of amides is 1. The molecular weight excluding hydrogens is 464 g/mol. The molecule has 0 spiro atoms. The van der Waals surface area contributed by atoms with Gasteiger partial charge in [0.1, 0.15) is 5.75 Å². The van der Waals surface area contributed by atoms with Crippen LogP contribution in [-0.4, -0.2) is 44.4 Å². The lowest BCUT2D eigenvalue weighted by atomic mass is 9.95. The van der Waals surface area contributed by atoms with E-state index in [0.29, 0.717) is 18.7 Å². The van der Waals surface area contributed by atoms with Gasteiger partial charge < -0.3 is 20.7 Å². The van der Waals surface area contributed by atoms with E-state index >= 15 is 0 Å². The molecule has 2 aliphatic heterocycles. The van der Waals surface area contributed by atoms with Crippen molar-refractivity contribution in [3.8, 4) is 5.75 Å². The molecule has 0 bridgehead atoms. The summed E-state index contributed by atoms with van der Waals surface area (Å²) >= 11 is 0. The molecule has 1 amide bonds. The van der Waals surface area contributed by atoms with Gasteiger partial charge in [0.25, 0.3) is 0 Å². The number of carbonyl (C=O) groups is 1. The number of aliphatic imine (C=N–C) groups is 1. The summed E-state index contributed by atoms with van der Waals surface area (Å²) in [7, 11) is 5.60. The second kappa shape index (κ2) is 11.5. The van der Waals surface area contributed by atoms with Gasteiger partial charge >= 0.3 is 0 Å². The number of anilines is 2. The number of hydrogen-bond acceptors (Lipinski definition) is 7. The molecule has 2 aromatic carbocycles. The number of nitrogens with two attached hydrogens (primary N) is 1. The number of amidine groups is 1. The summed E-state index contributed by atoms with van der Waals surface area (Å²) in [5.41, 5.74) is 17.0. The molecule has 0 aliphatic carbocycles. The van der Waals surface area contributed by atoms with Crippen LogP contribution in [0.1, 0.15) is 36.9 Å². The number of fused-ring (bicyclic) bond motifs is 1. The van der Waals surface area contributed by atoms with Gasteiger partial charge in [0.05, 0.1) is 18.8 Å². The van der Waals surface area contributed by atoms with E-state index < -0.39 is 0 Å². The van der Waals surface area contributed by atoms with Gasteiger partial charge in [-0.3, -0.25) is 9.80 Å². The fraction of sp³-hybridized carbons (Fsp3) is 0.310. The van der Waals surface area contributed by atoms with Crippen LogP contribution in [0.15, 0.2) is 82.7 Å². The van der Waals surface area contributed by atoms with Crippen LogP contribution in [0.4, 0.5) is 11.4 Å². The minimum Gasteiger partial charge on any atom is -0.496 e. The molecule has 1 saturated heterocycles. The Hall–Kier alpha value is -3.88. The van der Waals surface area contributed by atoms with E-state index in [1.807, 2.05) is 67.5 Å². The van der Waals surface area contributed by atoms with Crippen LogP contribution in [0.5, 0.6) is 5.75 Å². The maximum Gasteiger partial charge on any atom is 0.248 e. The van der Waals surface area contributed by atoms with E-state index in [-0.39, 0.29) is 11.9 Å². The average Bonchev–Trinajstić information content (AvgIpc) is 3.18. The maximum absolute atomic E-state index is 12.2. The first-order chi connectivity index (χ1) is 17.8. The third kappa shape index (κ3) is 5.93. The Morgan fingerprint density at radius 1 is 1.27 bits per heavy atom. The van der Waals surface area contributed by atoms with Crippen LogP contribution in [0.3, 0.4) is 0 Å². The van der Waals surface area contributed by atoms with Gasteiger partial charge in [-0.05, 0) is 74.5 Å². The maximum atomic E-state index is 12.2. The number of benzene rings is 2. The normalized spacial score (nSPS) is 17.6. The fourth-order valence-electron chi connectivity index (χ4n) is 4.42. The first kappa shape index (κ1) is 26.2. The highest BCUT2D eigenvalue weighted by atomic mass is 16.5. The average molecular weight is 501 g/mol. The van der Waals surface area contributed by atoms with Gasteiger partial charge in [0.2, 0.25) is 5.91 Å². The minimum atomic E-state index is -0.181. The van der Waals surface area contributed by atoms with Crippen LogP contribution < -0.4 is 26.2 Å². The number of likely N-dealkylation sites (N-methyl/N-ethyl adjacent to an activating group) is 1. The van der Waals surface area contributed by atoms with E-state index in [9.17, 15) is 4.79 Å². The van der Waals surface area contributed by atoms with Gasteiger partial charge in [0.15, 0.2) is 5.84 Å². The largest absolute Gasteiger partial charge is 0.496 e. The summed E-state index contributed by atoms with van der Waals surface area (Å²) in [5, 5.41) is 4.88. The highest BCUT2D eigenvalue weighted by Gasteiger charge is 2.37. The molecule has 8 nitrogen and oxygen atoms in total. The Morgan fingerprint density at radius 2 is 2.03 bits per heavy atom. The lowest BCUT2D eigenvalue weighted by Crippen LogP contribution is -2.35. The van der Waals surface area contributed by atoms with Gasteiger partial charge in [-0.2, -0.15) is 0 Å². The second-order valence-electron chi connectivity index (χ2n) is 9.54. The zero-order valence-electron chi connectivity index (χ0n) is 22.2. The van der Waals surface area contributed by atoms with Crippen molar-refractivity contribution in [1.82, 2.24) is 10.3 Å². The van der Waals surface area contributed by atoms with Crippen LogP contribution in [0, 0.1) is 6.92 Å². The minimum absolute atomic E-state index is 0.161. The summed E-state index contributed by atoms with van der Waals surface area (Å²) in [6.45, 7) is 4.85. The van der Waals surface area contributed by atoms with Crippen molar-refractivity contribution >= 4 is 23.1 Å². The summed E-state index contributed by atoms with van der Waals surface area (Å²) in [6, 6.07) is 13.7. The molecule has 2 aliphatic rings. The topological polar surface area (TPSA) is 95.2 Å². The summed E-state index contributed by atoms with van der Waals surface area (Å²) in [5.74, 6) is 1.44. The molecular formula is C29H36N6O2. The number of aryl methyl sites for hydroxylation is 1. The summed E-state index contributed by atoms with van der Waals surface area (Å²) in [4.78, 5) is 19.1. The fourth-order valence-corrected chi connectivity index (χ4v) is 4.42. The summed E-state index contributed by atoms with van der Waals surface area (Å²) < 4.78 is 5.59. The number of carbonyl (C=O) groups excluding carboxylic acids is 1. The van der Waals surface area contributed by atoms with E-state index in [0.717, 1.165) is 46.1 Å². The van der Waals surface area contributed by atoms with Crippen molar-refractivity contribution in [3.05, 3.63) is 88.8 Å². The first-order valence-corrected chi connectivity index (χ1v) is 12.5. The zero-order valence-corrected chi connectivity index (χ0v) is 22.2. The first-order valence-electron chi connectivity index (χ1n) is 12.5. The molecule has 1 unspecified atom stereocenters. The van der Waals surface area contributed by atoms with Crippen LogP contribution in [0.25, 0.3) is 0 Å². The number of nitrogens with one attached hydrogen (secondary N) is 2. The molecule has 1 atom stereocenters. The molecule has 2 heterocycles. The van der Waals surface area contributed by atoms with E-state index in [4.69, 9.17) is 15.5 Å². The van der Waals surface area contributed by atoms with E-state index in [1.165, 1.54) is 5.57 Å². The number of hydrazine groups is 1. The monoisotopic (exact) mass is 500 g/mol. The van der Waals surface area contributed by atoms with Crippen molar-refractivity contribution in [1.29, 1.82) is 0 Å². The van der Waals surface area contributed by atoms with E-state index in [2.05, 4.69) is 35.9 Å². The number of rotatable bonds is 8. The number of methoxy groups -OCH3 is 1. The van der Waals surface area contributed by atoms with Gasteiger partial charge in [-0.15, -0.1) is 0 Å². The van der Waals surface area contributed by atoms with Crippen molar-refractivity contribution < 1.29 is 9.53 Å². The lowest BCUT2D eigenvalue weighted by molar-refractivity contribution is -0.111. The third-order valence-corrected chi connectivity index (χ3v) is 6.48. The Labute approximate surface area is 219 Å². The second-order valence-corrected chi connectivity index (χ2v) is 9.54. The van der Waals surface area contributed by atoms with Gasteiger partial charge in [-0.1, -0.05) is 25.1 Å². The highest BCUT2D eigenvalue weighted by Crippen LogP contribution is 2.38. The highest BCUT2D eigenvalue weighted by molar-refractivity contribution is 6.13. The molecule has 2 aromatic rings. The van der Waals surface area contributed by atoms with Gasteiger partial charge in [-0.25, -0.2) is 10.4 Å². The Kier molecular flexibility index (Phi) is 8.11.